The number of urea groups is 1. The van der Waals surface area contributed by atoms with Gasteiger partial charge in [0.05, 0.1) is 22.9 Å². The van der Waals surface area contributed by atoms with E-state index in [1.807, 2.05) is 0 Å². The Morgan fingerprint density at radius 2 is 1.81 bits per heavy atom. The predicted molar refractivity (Wildman–Crippen MR) is 123 cm³/mol. The lowest BCUT2D eigenvalue weighted by molar-refractivity contribution is -0.139. The molecule has 0 bridgehead atoms. The number of esters is 1. The maximum atomic E-state index is 14.6. The molecule has 3 aromatic rings. The molecule has 6 nitrogen and oxygen atoms in total. The SMILES string of the molecule is O=C(NC1CCOC1=O)N[C@](Cc1ccccc1)(c1cc(F)cc(C(F)(F)F)c1)c1ccc(Cl)cn1. The van der Waals surface area contributed by atoms with Gasteiger partial charge in [0, 0.05) is 19.0 Å². The lowest BCUT2D eigenvalue weighted by Crippen LogP contribution is -2.55. The van der Waals surface area contributed by atoms with Gasteiger partial charge >= 0.3 is 18.2 Å². The second-order valence-corrected chi connectivity index (χ2v) is 8.70. The van der Waals surface area contributed by atoms with Crippen molar-refractivity contribution in [1.29, 1.82) is 0 Å². The van der Waals surface area contributed by atoms with E-state index < -0.39 is 41.1 Å². The van der Waals surface area contributed by atoms with Crippen molar-refractivity contribution in [1.82, 2.24) is 15.6 Å². The number of hydrogen-bond acceptors (Lipinski definition) is 4. The minimum absolute atomic E-state index is 0.0915. The highest BCUT2D eigenvalue weighted by Crippen LogP contribution is 2.38. The first kappa shape index (κ1) is 25.4. The fourth-order valence-electron chi connectivity index (χ4n) is 4.07. The number of alkyl halides is 3. The third-order valence-electron chi connectivity index (χ3n) is 5.76. The molecule has 2 heterocycles. The Morgan fingerprint density at radius 1 is 1.08 bits per heavy atom. The van der Waals surface area contributed by atoms with Gasteiger partial charge in [-0.05, 0) is 41.5 Å². The van der Waals surface area contributed by atoms with Crippen molar-refractivity contribution < 1.29 is 31.9 Å². The summed E-state index contributed by atoms with van der Waals surface area (Å²) in [4.78, 5) is 29.3. The minimum Gasteiger partial charge on any atom is -0.464 e. The van der Waals surface area contributed by atoms with Crippen LogP contribution in [0.25, 0.3) is 0 Å². The number of hydrogen-bond donors (Lipinski definition) is 2. The first-order valence-electron chi connectivity index (χ1n) is 10.9. The van der Waals surface area contributed by atoms with Gasteiger partial charge in [-0.2, -0.15) is 13.2 Å². The zero-order valence-corrected chi connectivity index (χ0v) is 19.4. The standard InChI is InChI=1S/C25H20ClF4N3O3/c26-18-6-7-21(31-14-18)24(13-15-4-2-1-3-5-15,33-23(35)32-20-8-9-36-22(20)34)16-10-17(25(28,29)30)12-19(27)11-16/h1-7,10-12,14,20H,8-9,13H2,(H2,32,33,35)/t20?,24-/m1/s1. The van der Waals surface area contributed by atoms with Crippen LogP contribution in [0.1, 0.15) is 28.8 Å². The van der Waals surface area contributed by atoms with Gasteiger partial charge in [0.2, 0.25) is 0 Å². The number of nitrogens with one attached hydrogen (secondary N) is 2. The quantitative estimate of drug-likeness (QED) is 0.354. The van der Waals surface area contributed by atoms with E-state index in [0.29, 0.717) is 11.6 Å². The van der Waals surface area contributed by atoms with Crippen molar-refractivity contribution in [3.63, 3.8) is 0 Å². The highest BCUT2D eigenvalue weighted by molar-refractivity contribution is 6.30. The molecule has 0 radical (unpaired) electrons. The first-order chi connectivity index (χ1) is 17.1. The Bertz CT molecular complexity index is 1260. The van der Waals surface area contributed by atoms with E-state index in [0.717, 1.165) is 12.1 Å². The van der Waals surface area contributed by atoms with Crippen molar-refractivity contribution in [2.75, 3.05) is 6.61 Å². The molecule has 2 aromatic carbocycles. The summed E-state index contributed by atoms with van der Waals surface area (Å²) in [5.74, 6) is -1.78. The van der Waals surface area contributed by atoms with E-state index >= 15 is 0 Å². The van der Waals surface area contributed by atoms with Gasteiger partial charge in [-0.1, -0.05) is 41.9 Å². The van der Waals surface area contributed by atoms with Crippen LogP contribution in [-0.4, -0.2) is 29.6 Å². The van der Waals surface area contributed by atoms with Crippen LogP contribution in [0.15, 0.2) is 66.9 Å². The summed E-state index contributed by atoms with van der Waals surface area (Å²) in [6.07, 6.45) is -3.44. The van der Waals surface area contributed by atoms with Gasteiger partial charge in [0.1, 0.15) is 17.4 Å². The fourth-order valence-corrected chi connectivity index (χ4v) is 4.18. The molecule has 1 unspecified atom stereocenters. The lowest BCUT2D eigenvalue weighted by atomic mass is 9.79. The van der Waals surface area contributed by atoms with Crippen LogP contribution in [0.5, 0.6) is 0 Å². The molecule has 36 heavy (non-hydrogen) atoms. The number of ether oxygens (including phenoxy) is 1. The molecule has 1 saturated heterocycles. The maximum Gasteiger partial charge on any atom is 0.416 e. The number of cyclic esters (lactones) is 1. The Balaban J connectivity index is 1.89. The van der Waals surface area contributed by atoms with Crippen molar-refractivity contribution in [3.05, 3.63) is 100 Å². The first-order valence-corrected chi connectivity index (χ1v) is 11.2. The number of benzene rings is 2. The van der Waals surface area contributed by atoms with Gasteiger partial charge in [0.25, 0.3) is 0 Å². The largest absolute Gasteiger partial charge is 0.464 e. The summed E-state index contributed by atoms with van der Waals surface area (Å²) < 4.78 is 60.4. The summed E-state index contributed by atoms with van der Waals surface area (Å²) in [6, 6.07) is 11.8. The van der Waals surface area contributed by atoms with Crippen molar-refractivity contribution in [2.24, 2.45) is 0 Å². The highest BCUT2D eigenvalue weighted by atomic mass is 35.5. The smallest absolute Gasteiger partial charge is 0.416 e. The summed E-state index contributed by atoms with van der Waals surface area (Å²) in [5.41, 5.74) is -2.48. The number of carbonyl (C=O) groups excluding carboxylic acids is 2. The van der Waals surface area contributed by atoms with Crippen LogP contribution in [-0.2, 0) is 27.7 Å². The Kier molecular flexibility index (Phi) is 7.16. The van der Waals surface area contributed by atoms with Gasteiger partial charge in [0.15, 0.2) is 0 Å². The normalized spacial score (nSPS) is 17.2. The molecule has 2 atom stereocenters. The van der Waals surface area contributed by atoms with Gasteiger partial charge in [-0.15, -0.1) is 0 Å². The molecule has 2 N–H and O–H groups in total. The number of amides is 2. The topological polar surface area (TPSA) is 80.3 Å². The summed E-state index contributed by atoms with van der Waals surface area (Å²) >= 11 is 5.99. The second kappa shape index (κ2) is 10.1. The summed E-state index contributed by atoms with van der Waals surface area (Å²) in [7, 11) is 0. The molecule has 1 aromatic heterocycles. The third-order valence-corrected chi connectivity index (χ3v) is 5.99. The molecule has 0 saturated carbocycles. The van der Waals surface area contributed by atoms with Gasteiger partial charge < -0.3 is 15.4 Å². The van der Waals surface area contributed by atoms with Crippen molar-refractivity contribution in [3.8, 4) is 0 Å². The van der Waals surface area contributed by atoms with E-state index in [9.17, 15) is 27.2 Å². The average molecular weight is 522 g/mol. The molecule has 1 fully saturated rings. The van der Waals surface area contributed by atoms with E-state index in [-0.39, 0.29) is 35.7 Å². The summed E-state index contributed by atoms with van der Waals surface area (Å²) in [5, 5.41) is 5.42. The third kappa shape index (κ3) is 5.59. The molecule has 0 aliphatic carbocycles. The van der Waals surface area contributed by atoms with Gasteiger partial charge in [-0.3, -0.25) is 4.98 Å². The van der Waals surface area contributed by atoms with E-state index in [1.165, 1.54) is 18.3 Å². The van der Waals surface area contributed by atoms with Crippen LogP contribution in [0.2, 0.25) is 5.02 Å². The van der Waals surface area contributed by atoms with Crippen LogP contribution in [0.4, 0.5) is 22.4 Å². The Morgan fingerprint density at radius 3 is 2.42 bits per heavy atom. The number of rotatable bonds is 6. The van der Waals surface area contributed by atoms with Gasteiger partial charge in [-0.25, -0.2) is 14.0 Å². The van der Waals surface area contributed by atoms with Crippen LogP contribution < -0.4 is 10.6 Å². The molecule has 1 aliphatic rings. The molecular formula is C25H20ClF4N3O3. The molecule has 4 rings (SSSR count). The zero-order chi connectivity index (χ0) is 25.9. The number of carbonyl (C=O) groups is 2. The zero-order valence-electron chi connectivity index (χ0n) is 18.6. The van der Waals surface area contributed by atoms with E-state index in [1.54, 1.807) is 30.3 Å². The number of halogens is 5. The molecule has 0 spiro atoms. The van der Waals surface area contributed by atoms with Crippen LogP contribution >= 0.6 is 11.6 Å². The second-order valence-electron chi connectivity index (χ2n) is 8.26. The Labute approximate surface area is 208 Å². The Hall–Kier alpha value is -3.66. The summed E-state index contributed by atoms with van der Waals surface area (Å²) in [6.45, 7) is 0.122. The average Bonchev–Trinajstić information content (AvgIpc) is 3.22. The lowest BCUT2D eigenvalue weighted by Gasteiger charge is -2.36. The molecule has 11 heteroatoms. The molecule has 2 amide bonds. The van der Waals surface area contributed by atoms with Crippen molar-refractivity contribution in [2.45, 2.75) is 30.6 Å². The predicted octanol–water partition coefficient (Wildman–Crippen LogP) is 4.99. The molecular weight excluding hydrogens is 502 g/mol. The van der Waals surface area contributed by atoms with Crippen LogP contribution in [0.3, 0.4) is 0 Å². The fraction of sp³-hybridized carbons (Fsp3) is 0.240. The van der Waals surface area contributed by atoms with E-state index in [2.05, 4.69) is 15.6 Å². The van der Waals surface area contributed by atoms with E-state index in [4.69, 9.17) is 16.3 Å². The highest BCUT2D eigenvalue weighted by Gasteiger charge is 2.41. The monoisotopic (exact) mass is 521 g/mol. The maximum absolute atomic E-state index is 14.6. The number of pyridine rings is 1. The molecule has 1 aliphatic heterocycles. The van der Waals surface area contributed by atoms with Crippen molar-refractivity contribution >= 4 is 23.6 Å². The molecule has 188 valence electrons. The van der Waals surface area contributed by atoms with Crippen LogP contribution in [0, 0.1) is 5.82 Å². The number of aromatic nitrogens is 1. The minimum atomic E-state index is -4.85. The number of nitrogens with zero attached hydrogens (tertiary/aromatic N) is 1.